The van der Waals surface area contributed by atoms with Crippen molar-refractivity contribution in [2.24, 2.45) is 0 Å². The first kappa shape index (κ1) is 10.7. The van der Waals surface area contributed by atoms with Gasteiger partial charge < -0.3 is 12.4 Å². The Labute approximate surface area is 60.7 Å². The van der Waals surface area contributed by atoms with E-state index in [0.717, 1.165) is 0 Å². The Bertz CT molecular complexity index is 20.0. The van der Waals surface area contributed by atoms with Crippen molar-refractivity contribution in [2.45, 2.75) is 31.4 Å². The first-order valence-electron chi connectivity index (χ1n) is 2.71. The van der Waals surface area contributed by atoms with Crippen LogP contribution in [-0.4, -0.2) is 16.5 Å². The quantitative estimate of drug-likeness (QED) is 0.357. The third-order valence-electron chi connectivity index (χ3n) is 0.854. The summed E-state index contributed by atoms with van der Waals surface area (Å²) in [5, 5.41) is 1.48. The van der Waals surface area contributed by atoms with Crippen LogP contribution >= 0.6 is 0 Å². The Morgan fingerprint density at radius 1 is 1.29 bits per heavy atom. The molecule has 0 atom stereocenters. The van der Waals surface area contributed by atoms with Gasteiger partial charge in [-0.15, -0.1) is 0 Å². The van der Waals surface area contributed by atoms with Crippen LogP contribution in [-0.2, 0) is 0 Å². The number of hydrogen-bond acceptors (Lipinski definition) is 0. The van der Waals surface area contributed by atoms with Crippen LogP contribution in [0.15, 0.2) is 0 Å². The van der Waals surface area contributed by atoms with E-state index < -0.39 is 0 Å². The average Bonchev–Trinajstić information content (AvgIpc) is 1.61. The molecule has 0 saturated carbocycles. The smallest absolute Gasteiger partial charge is 1.00 e. The van der Waals surface area contributed by atoms with E-state index in [1.165, 1.54) is 41.0 Å². The predicted octanol–water partition coefficient (Wildman–Crippen LogP) is -1.77. The molecule has 7 heavy (non-hydrogen) atoms. The Hall–Kier alpha value is 0.833. The van der Waals surface area contributed by atoms with Gasteiger partial charge >= 0.3 is 48.0 Å². The number of rotatable bonds is 3. The summed E-state index contributed by atoms with van der Waals surface area (Å²) in [6, 6.07) is 0. The van der Waals surface area contributed by atoms with E-state index in [0.29, 0.717) is 0 Å². The summed E-state index contributed by atoms with van der Waals surface area (Å²) < 4.78 is 0. The summed E-state index contributed by atoms with van der Waals surface area (Å²) in [6.45, 7) is 2.25. The minimum Gasteiger partial charge on any atom is -1.00 e. The summed E-state index contributed by atoms with van der Waals surface area (Å²) in [6.07, 6.45) is 4.29. The first-order chi connectivity index (χ1) is 2.91. The Kier molecular flexibility index (Phi) is 15.3. The molecule has 0 spiro atoms. The van der Waals surface area contributed by atoms with Crippen LogP contribution in [0.5, 0.6) is 0 Å². The Balaban J connectivity index is 0. The van der Waals surface area contributed by atoms with Gasteiger partial charge in [0.05, 0.1) is 0 Å². The molecule has 0 N–H and O–H groups in total. The minimum absolute atomic E-state index is 0. The van der Waals surface area contributed by atoms with Gasteiger partial charge in [0.1, 0.15) is 0 Å². The summed E-state index contributed by atoms with van der Waals surface area (Å²) in [5.41, 5.74) is 0. The maximum atomic E-state index is 2.25. The summed E-state index contributed by atoms with van der Waals surface area (Å²) >= 11 is 1.49. The van der Waals surface area contributed by atoms with Crippen LogP contribution in [0, 0.1) is 0 Å². The molecule has 0 aromatic heterocycles. The van der Waals surface area contributed by atoms with Crippen molar-refractivity contribution < 1.29 is 12.4 Å². The van der Waals surface area contributed by atoms with E-state index in [4.69, 9.17) is 0 Å². The SMILES string of the molecule is CCCC[CH2][GeH2+].[Cl-]. The van der Waals surface area contributed by atoms with Crippen molar-refractivity contribution in [1.29, 1.82) is 0 Å². The van der Waals surface area contributed by atoms with Crippen molar-refractivity contribution in [2.75, 3.05) is 0 Å². The van der Waals surface area contributed by atoms with Gasteiger partial charge in [-0.2, -0.15) is 0 Å². The zero-order valence-electron chi connectivity index (χ0n) is 4.91. The number of halogens is 1. The minimum atomic E-state index is 0. The van der Waals surface area contributed by atoms with Gasteiger partial charge in [-0.3, -0.25) is 0 Å². The van der Waals surface area contributed by atoms with E-state index in [1.807, 2.05) is 0 Å². The van der Waals surface area contributed by atoms with Crippen LogP contribution in [0.25, 0.3) is 0 Å². The molecule has 0 rings (SSSR count). The summed E-state index contributed by atoms with van der Waals surface area (Å²) in [7, 11) is 0. The van der Waals surface area contributed by atoms with E-state index in [9.17, 15) is 0 Å². The van der Waals surface area contributed by atoms with Crippen molar-refractivity contribution in [3.8, 4) is 0 Å². The molecule has 0 bridgehead atoms. The van der Waals surface area contributed by atoms with Crippen molar-refractivity contribution in [1.82, 2.24) is 0 Å². The van der Waals surface area contributed by atoms with Gasteiger partial charge in [0.25, 0.3) is 0 Å². The topological polar surface area (TPSA) is 0 Å². The molecule has 0 aromatic carbocycles. The molecule has 0 saturated heterocycles. The van der Waals surface area contributed by atoms with Crippen LogP contribution in [0.1, 0.15) is 26.2 Å². The third kappa shape index (κ3) is 10.9. The fourth-order valence-electron chi connectivity index (χ4n) is 0.427. The average molecular weight is 181 g/mol. The molecule has 0 aromatic rings. The maximum Gasteiger partial charge on any atom is -1.00 e. The third-order valence-corrected chi connectivity index (χ3v) is 1.90. The summed E-state index contributed by atoms with van der Waals surface area (Å²) in [4.78, 5) is 0. The predicted molar refractivity (Wildman–Crippen MR) is 32.9 cm³/mol. The van der Waals surface area contributed by atoms with E-state index in [2.05, 4.69) is 6.92 Å². The number of unbranched alkanes of at least 4 members (excludes halogenated alkanes) is 2. The van der Waals surface area contributed by atoms with Gasteiger partial charge in [-0.05, 0) is 0 Å². The molecule has 0 fully saturated rings. The zero-order chi connectivity index (χ0) is 4.83. The summed E-state index contributed by atoms with van der Waals surface area (Å²) in [5.74, 6) is 0. The largest absolute Gasteiger partial charge is 1.00 e. The normalized spacial score (nSPS) is 7.57. The fraction of sp³-hybridized carbons (Fsp3) is 1.00. The molecule has 0 nitrogen and oxygen atoms in total. The van der Waals surface area contributed by atoms with Crippen LogP contribution in [0.2, 0.25) is 5.25 Å². The molecule has 0 amide bonds. The van der Waals surface area contributed by atoms with Gasteiger partial charge in [-0.25, -0.2) is 0 Å². The van der Waals surface area contributed by atoms with Gasteiger partial charge in [0.2, 0.25) is 0 Å². The molecule has 0 aliphatic heterocycles. The van der Waals surface area contributed by atoms with Gasteiger partial charge in [0, 0.05) is 0 Å². The number of hydrogen-bond donors (Lipinski definition) is 0. The molecule has 2 heteroatoms. The second-order valence-electron chi connectivity index (χ2n) is 1.56. The molecular weight excluding hydrogens is 168 g/mol. The molecule has 0 aliphatic carbocycles. The molecule has 0 radical (unpaired) electrons. The molecule has 0 heterocycles. The van der Waals surface area contributed by atoms with Crippen molar-refractivity contribution in [3.05, 3.63) is 0 Å². The zero-order valence-corrected chi connectivity index (χ0v) is 8.64. The molecular formula is C5H13ClGe. The van der Waals surface area contributed by atoms with Gasteiger partial charge in [0.15, 0.2) is 0 Å². The standard InChI is InChI=1S/C5H13Ge.ClH/c1-2-3-4-5-6;/h2-6H2,1H3;1H/q+1;/p-1. The Morgan fingerprint density at radius 2 is 1.86 bits per heavy atom. The maximum absolute atomic E-state index is 2.25. The molecule has 44 valence electrons. The first-order valence-corrected chi connectivity index (χ1v) is 4.81. The van der Waals surface area contributed by atoms with E-state index in [-0.39, 0.29) is 12.4 Å². The second-order valence-corrected chi connectivity index (χ2v) is 3.04. The second kappa shape index (κ2) is 9.95. The monoisotopic (exact) mass is 182 g/mol. The van der Waals surface area contributed by atoms with E-state index in [1.54, 1.807) is 0 Å². The molecule has 0 unspecified atom stereocenters. The Morgan fingerprint density at radius 3 is 2.00 bits per heavy atom. The van der Waals surface area contributed by atoms with Crippen molar-refractivity contribution in [3.63, 3.8) is 0 Å². The van der Waals surface area contributed by atoms with Crippen LogP contribution < -0.4 is 12.4 Å². The van der Waals surface area contributed by atoms with E-state index >= 15 is 0 Å². The van der Waals surface area contributed by atoms with Crippen molar-refractivity contribution >= 4 is 16.5 Å². The molecule has 0 aliphatic rings. The van der Waals surface area contributed by atoms with Crippen LogP contribution in [0.4, 0.5) is 0 Å². The van der Waals surface area contributed by atoms with Gasteiger partial charge in [-0.1, -0.05) is 0 Å². The fourth-order valence-corrected chi connectivity index (χ4v) is 1.17. The van der Waals surface area contributed by atoms with Crippen LogP contribution in [0.3, 0.4) is 0 Å².